The minimum absolute atomic E-state index is 0.292. The molecule has 2 rings (SSSR count). The number of amidine groups is 1. The Morgan fingerprint density at radius 3 is 2.70 bits per heavy atom. The van der Waals surface area contributed by atoms with E-state index in [4.69, 9.17) is 15.9 Å². The number of nitrogens with two attached hydrogens (primary N) is 1. The molecule has 0 amide bonds. The Morgan fingerprint density at radius 1 is 1.30 bits per heavy atom. The molecule has 110 valence electrons. The van der Waals surface area contributed by atoms with Crippen LogP contribution in [0.15, 0.2) is 24.3 Å². The highest BCUT2D eigenvalue weighted by Gasteiger charge is 2.17. The Hall–Kier alpha value is -1.75. The molecule has 0 unspecified atom stereocenters. The fraction of sp³-hybridized carbons (Fsp3) is 0.533. The number of methoxy groups -OCH3 is 1. The quantitative estimate of drug-likeness (QED) is 0.611. The van der Waals surface area contributed by atoms with Crippen LogP contribution < -0.4 is 15.4 Å². The van der Waals surface area contributed by atoms with Crippen molar-refractivity contribution in [3.05, 3.63) is 24.3 Å². The molecule has 0 atom stereocenters. The Kier molecular flexibility index (Phi) is 5.24. The number of hydrogen-bond donors (Lipinski definition) is 2. The lowest BCUT2D eigenvalue weighted by Crippen LogP contribution is -2.46. The summed E-state index contributed by atoms with van der Waals surface area (Å²) in [5, 5.41) is 7.23. The molecule has 0 spiro atoms. The maximum atomic E-state index is 7.23. The predicted octanol–water partition coefficient (Wildman–Crippen LogP) is 1.53. The second-order valence-corrected chi connectivity index (χ2v) is 5.16. The molecule has 0 saturated carbocycles. The summed E-state index contributed by atoms with van der Waals surface area (Å²) in [7, 11) is 1.70. The molecule has 20 heavy (non-hydrogen) atoms. The van der Waals surface area contributed by atoms with Crippen molar-refractivity contribution in [2.24, 2.45) is 5.73 Å². The lowest BCUT2D eigenvalue weighted by Gasteiger charge is -2.36. The van der Waals surface area contributed by atoms with E-state index < -0.39 is 0 Å². The smallest absolute Gasteiger partial charge is 0.120 e. The van der Waals surface area contributed by atoms with Crippen LogP contribution in [0.3, 0.4) is 0 Å². The number of nitrogens with one attached hydrogen (secondary N) is 1. The molecule has 3 N–H and O–H groups in total. The molecule has 1 heterocycles. The van der Waals surface area contributed by atoms with Gasteiger partial charge in [0.25, 0.3) is 0 Å². The van der Waals surface area contributed by atoms with Crippen molar-refractivity contribution >= 4 is 11.5 Å². The van der Waals surface area contributed by atoms with Crippen LogP contribution in [0.1, 0.15) is 12.8 Å². The molecule has 0 bridgehead atoms. The molecule has 0 radical (unpaired) electrons. The van der Waals surface area contributed by atoms with Crippen molar-refractivity contribution in [1.29, 1.82) is 5.41 Å². The van der Waals surface area contributed by atoms with Crippen molar-refractivity contribution < 1.29 is 4.74 Å². The van der Waals surface area contributed by atoms with E-state index in [-0.39, 0.29) is 0 Å². The summed E-state index contributed by atoms with van der Waals surface area (Å²) in [6.45, 7) is 5.23. The van der Waals surface area contributed by atoms with Crippen molar-refractivity contribution in [3.8, 4) is 5.75 Å². The molecule has 0 aliphatic carbocycles. The minimum atomic E-state index is 0.292. The van der Waals surface area contributed by atoms with Gasteiger partial charge < -0.3 is 15.4 Å². The first-order valence-corrected chi connectivity index (χ1v) is 7.13. The van der Waals surface area contributed by atoms with Gasteiger partial charge in [-0.05, 0) is 25.1 Å². The predicted molar refractivity (Wildman–Crippen MR) is 82.8 cm³/mol. The standard InChI is InChI=1S/C15H24N4O/c1-20-14-5-2-4-13(12-14)19-10-8-18(9-11-19)7-3-6-15(16)17/h2,4-5,12H,3,6-11H2,1H3,(H3,16,17). The van der Waals surface area contributed by atoms with Gasteiger partial charge in [0.2, 0.25) is 0 Å². The van der Waals surface area contributed by atoms with E-state index in [0.29, 0.717) is 12.3 Å². The number of piperazine rings is 1. The highest BCUT2D eigenvalue weighted by Crippen LogP contribution is 2.22. The molecule has 1 aromatic rings. The zero-order valence-electron chi connectivity index (χ0n) is 12.1. The van der Waals surface area contributed by atoms with Gasteiger partial charge in [0.15, 0.2) is 0 Å². The Labute approximate surface area is 120 Å². The van der Waals surface area contributed by atoms with Crippen LogP contribution in [0.2, 0.25) is 0 Å². The summed E-state index contributed by atoms with van der Waals surface area (Å²) >= 11 is 0. The minimum Gasteiger partial charge on any atom is -0.497 e. The lowest BCUT2D eigenvalue weighted by atomic mass is 10.2. The van der Waals surface area contributed by atoms with Gasteiger partial charge in [-0.15, -0.1) is 0 Å². The van der Waals surface area contributed by atoms with Crippen molar-refractivity contribution in [2.75, 3.05) is 44.7 Å². The first-order chi connectivity index (χ1) is 9.69. The van der Waals surface area contributed by atoms with Crippen molar-refractivity contribution in [1.82, 2.24) is 4.90 Å². The summed E-state index contributed by atoms with van der Waals surface area (Å²) in [4.78, 5) is 4.84. The Morgan fingerprint density at radius 2 is 2.05 bits per heavy atom. The fourth-order valence-corrected chi connectivity index (χ4v) is 2.53. The second-order valence-electron chi connectivity index (χ2n) is 5.16. The average Bonchev–Trinajstić information content (AvgIpc) is 2.48. The SMILES string of the molecule is COc1cccc(N2CCN(CCCC(=N)N)CC2)c1. The van der Waals surface area contributed by atoms with E-state index in [9.17, 15) is 0 Å². The van der Waals surface area contributed by atoms with Crippen LogP contribution >= 0.6 is 0 Å². The first-order valence-electron chi connectivity index (χ1n) is 7.13. The monoisotopic (exact) mass is 276 g/mol. The normalized spacial score (nSPS) is 16.1. The topological polar surface area (TPSA) is 65.6 Å². The maximum Gasteiger partial charge on any atom is 0.120 e. The Balaban J connectivity index is 1.80. The van der Waals surface area contributed by atoms with Crippen LogP contribution in [-0.2, 0) is 0 Å². The third kappa shape index (κ3) is 4.13. The van der Waals surface area contributed by atoms with Crippen molar-refractivity contribution in [2.45, 2.75) is 12.8 Å². The molecule has 1 aromatic carbocycles. The summed E-state index contributed by atoms with van der Waals surface area (Å²) in [6, 6.07) is 8.23. The van der Waals surface area contributed by atoms with Crippen LogP contribution in [0.5, 0.6) is 5.75 Å². The number of hydrogen-bond acceptors (Lipinski definition) is 4. The zero-order chi connectivity index (χ0) is 14.4. The number of nitrogens with zero attached hydrogens (tertiary/aromatic N) is 2. The van der Waals surface area contributed by atoms with Gasteiger partial charge in [-0.2, -0.15) is 0 Å². The van der Waals surface area contributed by atoms with Gasteiger partial charge in [-0.3, -0.25) is 10.3 Å². The summed E-state index contributed by atoms with van der Waals surface area (Å²) < 4.78 is 5.27. The van der Waals surface area contributed by atoms with E-state index in [1.54, 1.807) is 7.11 Å². The van der Waals surface area contributed by atoms with Crippen LogP contribution in [0, 0.1) is 5.41 Å². The highest BCUT2D eigenvalue weighted by atomic mass is 16.5. The van der Waals surface area contributed by atoms with Gasteiger partial charge in [0.1, 0.15) is 5.75 Å². The third-order valence-corrected chi connectivity index (χ3v) is 3.71. The number of benzene rings is 1. The van der Waals surface area contributed by atoms with Crippen molar-refractivity contribution in [3.63, 3.8) is 0 Å². The van der Waals surface area contributed by atoms with Crippen LogP contribution in [0.25, 0.3) is 0 Å². The van der Waals surface area contributed by atoms with Gasteiger partial charge in [-0.25, -0.2) is 0 Å². The molecule has 1 aliphatic rings. The largest absolute Gasteiger partial charge is 0.497 e. The molecule has 0 aromatic heterocycles. The van der Waals surface area contributed by atoms with E-state index in [1.807, 2.05) is 12.1 Å². The van der Waals surface area contributed by atoms with Crippen LogP contribution in [-0.4, -0.2) is 50.6 Å². The number of ether oxygens (including phenoxy) is 1. The van der Waals surface area contributed by atoms with E-state index in [2.05, 4.69) is 21.9 Å². The molecule has 5 nitrogen and oxygen atoms in total. The molecule has 1 fully saturated rings. The molecular weight excluding hydrogens is 252 g/mol. The maximum absolute atomic E-state index is 7.23. The summed E-state index contributed by atoms with van der Waals surface area (Å²) in [6.07, 6.45) is 1.69. The lowest BCUT2D eigenvalue weighted by molar-refractivity contribution is 0.256. The first kappa shape index (κ1) is 14.7. The average molecular weight is 276 g/mol. The molecular formula is C15H24N4O. The molecule has 1 aliphatic heterocycles. The fourth-order valence-electron chi connectivity index (χ4n) is 2.53. The molecule has 1 saturated heterocycles. The highest BCUT2D eigenvalue weighted by molar-refractivity contribution is 5.76. The van der Waals surface area contributed by atoms with Gasteiger partial charge in [0, 0.05) is 44.4 Å². The number of rotatable bonds is 6. The van der Waals surface area contributed by atoms with E-state index in [0.717, 1.165) is 44.9 Å². The van der Waals surface area contributed by atoms with E-state index in [1.165, 1.54) is 5.69 Å². The molecule has 5 heteroatoms. The summed E-state index contributed by atoms with van der Waals surface area (Å²) in [5.41, 5.74) is 6.61. The summed E-state index contributed by atoms with van der Waals surface area (Å²) in [5.74, 6) is 1.20. The van der Waals surface area contributed by atoms with Gasteiger partial charge >= 0.3 is 0 Å². The van der Waals surface area contributed by atoms with Gasteiger partial charge in [-0.1, -0.05) is 6.07 Å². The van der Waals surface area contributed by atoms with E-state index >= 15 is 0 Å². The zero-order valence-corrected chi connectivity index (χ0v) is 12.1. The Bertz CT molecular complexity index is 441. The van der Waals surface area contributed by atoms with Crippen LogP contribution in [0.4, 0.5) is 5.69 Å². The third-order valence-electron chi connectivity index (χ3n) is 3.71. The number of anilines is 1. The second kappa shape index (κ2) is 7.14. The van der Waals surface area contributed by atoms with Gasteiger partial charge in [0.05, 0.1) is 12.9 Å².